The zero-order chi connectivity index (χ0) is 15.7. The van der Waals surface area contributed by atoms with Crippen LogP contribution in [0.3, 0.4) is 0 Å². The molecule has 0 bridgehead atoms. The molecule has 7 heteroatoms. The van der Waals surface area contributed by atoms with Crippen LogP contribution in [-0.2, 0) is 6.18 Å². The number of piperazine rings is 1. The van der Waals surface area contributed by atoms with Gasteiger partial charge in [0.25, 0.3) is 0 Å². The van der Waals surface area contributed by atoms with Gasteiger partial charge in [0.05, 0.1) is 5.56 Å². The molecule has 1 N–H and O–H groups in total. The fourth-order valence-electron chi connectivity index (χ4n) is 3.44. The Balaban J connectivity index is 0.00000192. The van der Waals surface area contributed by atoms with Gasteiger partial charge in [0.1, 0.15) is 0 Å². The number of hydrogen-bond acceptors (Lipinski definition) is 2. The predicted octanol–water partition coefficient (Wildman–Crippen LogP) is 4.53. The van der Waals surface area contributed by atoms with Crippen LogP contribution in [-0.4, -0.2) is 31.1 Å². The van der Waals surface area contributed by atoms with Crippen LogP contribution in [0.5, 0.6) is 0 Å². The van der Waals surface area contributed by atoms with Gasteiger partial charge >= 0.3 is 6.18 Å². The van der Waals surface area contributed by atoms with Gasteiger partial charge in [0, 0.05) is 37.2 Å². The third kappa shape index (κ3) is 4.32. The lowest BCUT2D eigenvalue weighted by Gasteiger charge is -2.43. The summed E-state index contributed by atoms with van der Waals surface area (Å²) in [5.74, 6) is 0.442. The van der Waals surface area contributed by atoms with Crippen molar-refractivity contribution >= 4 is 24.0 Å². The second-order valence-electron chi connectivity index (χ2n) is 6.19. The SMILES string of the molecule is Cl.FC(F)(F)c1cc(Cl)cc([C@@H](C2CCC2)N2CCNCC2)c1. The first-order chi connectivity index (χ1) is 10.4. The fraction of sp³-hybridized carbons (Fsp3) is 0.625. The Morgan fingerprint density at radius 3 is 2.30 bits per heavy atom. The average Bonchev–Trinajstić information content (AvgIpc) is 2.42. The summed E-state index contributed by atoms with van der Waals surface area (Å²) < 4.78 is 39.2. The normalized spacial score (nSPS) is 21.4. The summed E-state index contributed by atoms with van der Waals surface area (Å²) in [7, 11) is 0. The molecule has 23 heavy (non-hydrogen) atoms. The standard InChI is InChI=1S/C16H20ClF3N2.ClH/c17-14-9-12(8-13(10-14)16(18,19)20)15(11-2-1-3-11)22-6-4-21-5-7-22;/h8-11,15,21H,1-7H2;1H/t15-;/m1./s1. The zero-order valence-corrected chi connectivity index (χ0v) is 14.3. The predicted molar refractivity (Wildman–Crippen MR) is 88.2 cm³/mol. The third-order valence-electron chi connectivity index (χ3n) is 4.73. The molecule has 1 aliphatic carbocycles. The Kier molecular flexibility index (Phi) is 6.22. The minimum absolute atomic E-state index is 0. The quantitative estimate of drug-likeness (QED) is 0.843. The van der Waals surface area contributed by atoms with Crippen LogP contribution in [0.4, 0.5) is 13.2 Å². The zero-order valence-electron chi connectivity index (χ0n) is 12.7. The van der Waals surface area contributed by atoms with Crippen LogP contribution in [0.2, 0.25) is 5.02 Å². The lowest BCUT2D eigenvalue weighted by atomic mass is 9.76. The van der Waals surface area contributed by atoms with Crippen molar-refractivity contribution < 1.29 is 13.2 Å². The minimum Gasteiger partial charge on any atom is -0.314 e. The van der Waals surface area contributed by atoms with Crippen molar-refractivity contribution in [2.45, 2.75) is 31.5 Å². The van der Waals surface area contributed by atoms with E-state index in [-0.39, 0.29) is 23.5 Å². The molecule has 2 fully saturated rings. The van der Waals surface area contributed by atoms with Gasteiger partial charge in [-0.1, -0.05) is 18.0 Å². The molecule has 2 aliphatic rings. The topological polar surface area (TPSA) is 15.3 Å². The number of nitrogens with one attached hydrogen (secondary N) is 1. The smallest absolute Gasteiger partial charge is 0.314 e. The molecule has 1 heterocycles. The van der Waals surface area contributed by atoms with Crippen molar-refractivity contribution in [2.24, 2.45) is 5.92 Å². The maximum Gasteiger partial charge on any atom is 0.416 e. The average molecular weight is 369 g/mol. The van der Waals surface area contributed by atoms with Gasteiger partial charge in [0.15, 0.2) is 0 Å². The van der Waals surface area contributed by atoms with Gasteiger partial charge in [-0.05, 0) is 42.5 Å². The van der Waals surface area contributed by atoms with E-state index in [4.69, 9.17) is 11.6 Å². The molecule has 1 aromatic rings. The Hall–Kier alpha value is -0.490. The molecule has 0 unspecified atom stereocenters. The highest BCUT2D eigenvalue weighted by atomic mass is 35.5. The Morgan fingerprint density at radius 2 is 1.78 bits per heavy atom. The molecule has 1 saturated carbocycles. The van der Waals surface area contributed by atoms with E-state index in [2.05, 4.69) is 10.2 Å². The molecular formula is C16H21Cl2F3N2. The second-order valence-corrected chi connectivity index (χ2v) is 6.63. The van der Waals surface area contributed by atoms with Gasteiger partial charge in [0.2, 0.25) is 0 Å². The minimum atomic E-state index is -4.35. The van der Waals surface area contributed by atoms with E-state index < -0.39 is 11.7 Å². The van der Waals surface area contributed by atoms with Crippen molar-refractivity contribution in [1.29, 1.82) is 0 Å². The van der Waals surface area contributed by atoms with Crippen LogP contribution in [0.15, 0.2) is 18.2 Å². The van der Waals surface area contributed by atoms with E-state index in [9.17, 15) is 13.2 Å². The van der Waals surface area contributed by atoms with Crippen LogP contribution in [0, 0.1) is 5.92 Å². The van der Waals surface area contributed by atoms with Crippen molar-refractivity contribution in [3.05, 3.63) is 34.3 Å². The molecule has 1 aromatic carbocycles. The maximum absolute atomic E-state index is 13.1. The first kappa shape index (κ1) is 18.8. The summed E-state index contributed by atoms with van der Waals surface area (Å²) in [6.07, 6.45) is -1.02. The summed E-state index contributed by atoms with van der Waals surface area (Å²) in [5, 5.41) is 3.47. The molecule has 3 rings (SSSR count). The van der Waals surface area contributed by atoms with Crippen LogP contribution < -0.4 is 5.32 Å². The van der Waals surface area contributed by atoms with Crippen molar-refractivity contribution in [3.63, 3.8) is 0 Å². The van der Waals surface area contributed by atoms with Crippen LogP contribution in [0.1, 0.15) is 36.4 Å². The highest BCUT2D eigenvalue weighted by molar-refractivity contribution is 6.30. The Bertz CT molecular complexity index is 527. The van der Waals surface area contributed by atoms with Gasteiger partial charge in [-0.15, -0.1) is 12.4 Å². The van der Waals surface area contributed by atoms with Gasteiger partial charge in [-0.25, -0.2) is 0 Å². The molecule has 1 aliphatic heterocycles. The van der Waals surface area contributed by atoms with E-state index >= 15 is 0 Å². The Morgan fingerprint density at radius 1 is 1.13 bits per heavy atom. The van der Waals surface area contributed by atoms with Crippen LogP contribution >= 0.6 is 24.0 Å². The number of rotatable bonds is 3. The molecule has 0 amide bonds. The number of benzene rings is 1. The highest BCUT2D eigenvalue weighted by Gasteiger charge is 2.36. The Labute approximate surface area is 145 Å². The molecule has 0 aromatic heterocycles. The van der Waals surface area contributed by atoms with Crippen molar-refractivity contribution in [2.75, 3.05) is 26.2 Å². The maximum atomic E-state index is 13.1. The summed E-state index contributed by atoms with van der Waals surface area (Å²) in [6.45, 7) is 3.51. The summed E-state index contributed by atoms with van der Waals surface area (Å²) >= 11 is 5.97. The van der Waals surface area contributed by atoms with Crippen molar-refractivity contribution in [3.8, 4) is 0 Å². The van der Waals surface area contributed by atoms with Gasteiger partial charge in [-0.3, -0.25) is 4.90 Å². The van der Waals surface area contributed by atoms with Gasteiger partial charge < -0.3 is 5.32 Å². The van der Waals surface area contributed by atoms with E-state index in [1.54, 1.807) is 6.07 Å². The molecule has 0 spiro atoms. The molecule has 130 valence electrons. The largest absolute Gasteiger partial charge is 0.416 e. The molecular weight excluding hydrogens is 348 g/mol. The first-order valence-electron chi connectivity index (χ1n) is 7.77. The third-order valence-corrected chi connectivity index (χ3v) is 4.95. The number of nitrogens with zero attached hydrogens (tertiary/aromatic N) is 1. The molecule has 1 atom stereocenters. The number of hydrogen-bond donors (Lipinski definition) is 1. The van der Waals surface area contributed by atoms with E-state index in [1.807, 2.05) is 0 Å². The summed E-state index contributed by atoms with van der Waals surface area (Å²) in [4.78, 5) is 2.31. The van der Waals surface area contributed by atoms with E-state index in [0.717, 1.165) is 45.1 Å². The fourth-order valence-corrected chi connectivity index (χ4v) is 3.69. The second kappa shape index (κ2) is 7.60. The van der Waals surface area contributed by atoms with E-state index in [1.165, 1.54) is 12.5 Å². The van der Waals surface area contributed by atoms with E-state index in [0.29, 0.717) is 11.5 Å². The lowest BCUT2D eigenvalue weighted by molar-refractivity contribution is -0.137. The van der Waals surface area contributed by atoms with Crippen molar-refractivity contribution in [1.82, 2.24) is 10.2 Å². The first-order valence-corrected chi connectivity index (χ1v) is 8.15. The van der Waals surface area contributed by atoms with Crippen LogP contribution in [0.25, 0.3) is 0 Å². The van der Waals surface area contributed by atoms with Gasteiger partial charge in [-0.2, -0.15) is 13.2 Å². The molecule has 1 saturated heterocycles. The lowest BCUT2D eigenvalue weighted by Crippen LogP contribution is -2.47. The summed E-state index contributed by atoms with van der Waals surface area (Å²) in [6, 6.07) is 4.06. The summed E-state index contributed by atoms with van der Waals surface area (Å²) in [5.41, 5.74) is 0.0703. The highest BCUT2D eigenvalue weighted by Crippen LogP contribution is 2.43. The number of alkyl halides is 3. The number of halogens is 5. The molecule has 2 nitrogen and oxygen atoms in total. The molecule has 0 radical (unpaired) electrons. The monoisotopic (exact) mass is 368 g/mol.